The molecule has 3 rings (SSSR count). The molecule has 0 aliphatic heterocycles. The van der Waals surface area contributed by atoms with Crippen molar-refractivity contribution >= 4 is 16.8 Å². The van der Waals surface area contributed by atoms with Crippen molar-refractivity contribution in [3.05, 3.63) is 30.0 Å². The molecule has 0 radical (unpaired) electrons. The van der Waals surface area contributed by atoms with E-state index in [2.05, 4.69) is 22.4 Å². The van der Waals surface area contributed by atoms with Crippen LogP contribution in [-0.4, -0.2) is 22.1 Å². The standard InChI is InChI=1S/C14H17N3O/c1-9(8-10-6-7-10)15-14(18)13-11-4-2-3-5-12(11)16-17-13/h2-5,9-10H,6-8H2,1H3,(H,15,18)(H,16,17). The van der Waals surface area contributed by atoms with Crippen LogP contribution in [0, 0.1) is 5.92 Å². The predicted octanol–water partition coefficient (Wildman–Crippen LogP) is 2.48. The Morgan fingerprint density at radius 2 is 2.28 bits per heavy atom. The summed E-state index contributed by atoms with van der Waals surface area (Å²) in [7, 11) is 0. The van der Waals surface area contributed by atoms with Crippen LogP contribution in [0.15, 0.2) is 24.3 Å². The highest BCUT2D eigenvalue weighted by Crippen LogP contribution is 2.33. The Morgan fingerprint density at radius 1 is 1.50 bits per heavy atom. The van der Waals surface area contributed by atoms with Crippen molar-refractivity contribution in [2.24, 2.45) is 5.92 Å². The second kappa shape index (κ2) is 4.44. The Balaban J connectivity index is 1.74. The Labute approximate surface area is 106 Å². The number of amides is 1. The molecule has 2 aromatic rings. The highest BCUT2D eigenvalue weighted by atomic mass is 16.2. The lowest BCUT2D eigenvalue weighted by molar-refractivity contribution is 0.0934. The fraction of sp³-hybridized carbons (Fsp3) is 0.429. The lowest BCUT2D eigenvalue weighted by Gasteiger charge is -2.12. The highest BCUT2D eigenvalue weighted by molar-refractivity contribution is 6.04. The van der Waals surface area contributed by atoms with E-state index in [0.717, 1.165) is 23.2 Å². The van der Waals surface area contributed by atoms with Gasteiger partial charge in [0, 0.05) is 11.4 Å². The average molecular weight is 243 g/mol. The van der Waals surface area contributed by atoms with Gasteiger partial charge in [-0.25, -0.2) is 0 Å². The number of hydrogen-bond acceptors (Lipinski definition) is 2. The number of aromatic amines is 1. The number of nitrogens with one attached hydrogen (secondary N) is 2. The van der Waals surface area contributed by atoms with Crippen molar-refractivity contribution in [2.75, 3.05) is 0 Å². The number of rotatable bonds is 4. The maximum absolute atomic E-state index is 12.1. The van der Waals surface area contributed by atoms with Gasteiger partial charge in [-0.2, -0.15) is 5.10 Å². The van der Waals surface area contributed by atoms with Crippen molar-refractivity contribution in [3.63, 3.8) is 0 Å². The van der Waals surface area contributed by atoms with Gasteiger partial charge < -0.3 is 5.32 Å². The first-order valence-corrected chi connectivity index (χ1v) is 6.48. The summed E-state index contributed by atoms with van der Waals surface area (Å²) in [5.41, 5.74) is 1.39. The molecule has 0 bridgehead atoms. The molecule has 0 spiro atoms. The number of carbonyl (C=O) groups excluding carboxylic acids is 1. The van der Waals surface area contributed by atoms with Gasteiger partial charge >= 0.3 is 0 Å². The van der Waals surface area contributed by atoms with Gasteiger partial charge in [-0.15, -0.1) is 0 Å². The first kappa shape index (κ1) is 11.3. The zero-order chi connectivity index (χ0) is 12.5. The van der Waals surface area contributed by atoms with Crippen LogP contribution in [0.3, 0.4) is 0 Å². The van der Waals surface area contributed by atoms with Crippen LogP contribution in [0.2, 0.25) is 0 Å². The summed E-state index contributed by atoms with van der Waals surface area (Å²) in [5.74, 6) is 0.733. The minimum atomic E-state index is -0.0828. The van der Waals surface area contributed by atoms with Gasteiger partial charge in [0.15, 0.2) is 5.69 Å². The quantitative estimate of drug-likeness (QED) is 0.866. The Hall–Kier alpha value is -1.84. The van der Waals surface area contributed by atoms with E-state index in [0.29, 0.717) is 5.69 Å². The summed E-state index contributed by atoms with van der Waals surface area (Å²) in [4.78, 5) is 12.1. The van der Waals surface area contributed by atoms with Gasteiger partial charge in [0.2, 0.25) is 0 Å². The lowest BCUT2D eigenvalue weighted by atomic mass is 10.1. The molecular formula is C14H17N3O. The number of aromatic nitrogens is 2. The van der Waals surface area contributed by atoms with E-state index >= 15 is 0 Å². The third-order valence-electron chi connectivity index (χ3n) is 3.45. The molecule has 1 aliphatic carbocycles. The van der Waals surface area contributed by atoms with Gasteiger partial charge in [-0.3, -0.25) is 9.89 Å². The number of carbonyl (C=O) groups is 1. The van der Waals surface area contributed by atoms with E-state index in [1.807, 2.05) is 24.3 Å². The Morgan fingerprint density at radius 3 is 3.06 bits per heavy atom. The smallest absolute Gasteiger partial charge is 0.272 e. The van der Waals surface area contributed by atoms with Crippen LogP contribution >= 0.6 is 0 Å². The van der Waals surface area contributed by atoms with Crippen molar-refractivity contribution in [1.82, 2.24) is 15.5 Å². The molecule has 4 nitrogen and oxygen atoms in total. The molecule has 1 fully saturated rings. The molecule has 1 saturated carbocycles. The molecular weight excluding hydrogens is 226 g/mol. The van der Waals surface area contributed by atoms with Gasteiger partial charge in [-0.05, 0) is 25.3 Å². The monoisotopic (exact) mass is 243 g/mol. The molecule has 2 N–H and O–H groups in total. The molecule has 1 unspecified atom stereocenters. The van der Waals surface area contributed by atoms with Crippen molar-refractivity contribution in [3.8, 4) is 0 Å². The van der Waals surface area contributed by atoms with E-state index in [1.54, 1.807) is 0 Å². The Bertz CT molecular complexity index is 571. The molecule has 1 amide bonds. The van der Waals surface area contributed by atoms with Gasteiger partial charge in [0.25, 0.3) is 5.91 Å². The SMILES string of the molecule is CC(CC1CC1)NC(=O)c1n[nH]c2ccccc12. The van der Waals surface area contributed by atoms with Crippen LogP contribution in [0.5, 0.6) is 0 Å². The largest absolute Gasteiger partial charge is 0.348 e. The van der Waals surface area contributed by atoms with Crippen LogP contribution in [0.1, 0.15) is 36.7 Å². The fourth-order valence-electron chi connectivity index (χ4n) is 2.34. The lowest BCUT2D eigenvalue weighted by Crippen LogP contribution is -2.33. The molecule has 1 aromatic carbocycles. The first-order valence-electron chi connectivity index (χ1n) is 6.48. The van der Waals surface area contributed by atoms with Crippen molar-refractivity contribution < 1.29 is 4.79 Å². The number of fused-ring (bicyclic) bond motifs is 1. The van der Waals surface area contributed by atoms with E-state index in [9.17, 15) is 4.79 Å². The minimum absolute atomic E-state index is 0.0828. The van der Waals surface area contributed by atoms with E-state index in [1.165, 1.54) is 12.8 Å². The van der Waals surface area contributed by atoms with Gasteiger partial charge in [-0.1, -0.05) is 31.0 Å². The molecule has 4 heteroatoms. The highest BCUT2D eigenvalue weighted by Gasteiger charge is 2.25. The summed E-state index contributed by atoms with van der Waals surface area (Å²) < 4.78 is 0. The summed E-state index contributed by atoms with van der Waals surface area (Å²) in [5, 5.41) is 10.9. The molecule has 94 valence electrons. The van der Waals surface area contributed by atoms with Crippen LogP contribution in [0.25, 0.3) is 10.9 Å². The summed E-state index contributed by atoms with van der Waals surface area (Å²) >= 11 is 0. The summed E-state index contributed by atoms with van der Waals surface area (Å²) in [6, 6.07) is 7.91. The molecule has 18 heavy (non-hydrogen) atoms. The van der Waals surface area contributed by atoms with E-state index in [-0.39, 0.29) is 11.9 Å². The maximum Gasteiger partial charge on any atom is 0.272 e. The number of nitrogens with zero attached hydrogens (tertiary/aromatic N) is 1. The zero-order valence-corrected chi connectivity index (χ0v) is 10.4. The first-order chi connectivity index (χ1) is 8.74. The molecule has 1 atom stereocenters. The van der Waals surface area contributed by atoms with Crippen LogP contribution < -0.4 is 5.32 Å². The van der Waals surface area contributed by atoms with Crippen LogP contribution in [0.4, 0.5) is 0 Å². The Kier molecular flexibility index (Phi) is 2.78. The topological polar surface area (TPSA) is 57.8 Å². The summed E-state index contributed by atoms with van der Waals surface area (Å²) in [6.45, 7) is 2.06. The van der Waals surface area contributed by atoms with E-state index < -0.39 is 0 Å². The molecule has 1 aromatic heterocycles. The molecule has 1 aliphatic rings. The number of benzene rings is 1. The number of H-pyrrole nitrogens is 1. The average Bonchev–Trinajstić information content (AvgIpc) is 3.06. The van der Waals surface area contributed by atoms with Gasteiger partial charge in [0.1, 0.15) is 0 Å². The second-order valence-corrected chi connectivity index (χ2v) is 5.17. The molecule has 0 saturated heterocycles. The van der Waals surface area contributed by atoms with Crippen molar-refractivity contribution in [2.45, 2.75) is 32.2 Å². The maximum atomic E-state index is 12.1. The molecule has 1 heterocycles. The minimum Gasteiger partial charge on any atom is -0.348 e. The number of para-hydroxylation sites is 1. The second-order valence-electron chi connectivity index (χ2n) is 5.17. The normalized spacial score (nSPS) is 16.7. The summed E-state index contributed by atoms with van der Waals surface area (Å²) in [6.07, 6.45) is 3.70. The predicted molar refractivity (Wildman–Crippen MR) is 70.4 cm³/mol. The van der Waals surface area contributed by atoms with E-state index in [4.69, 9.17) is 0 Å². The number of hydrogen-bond donors (Lipinski definition) is 2. The fourth-order valence-corrected chi connectivity index (χ4v) is 2.34. The van der Waals surface area contributed by atoms with Gasteiger partial charge in [0.05, 0.1) is 5.52 Å². The third-order valence-corrected chi connectivity index (χ3v) is 3.45. The zero-order valence-electron chi connectivity index (χ0n) is 10.4. The third kappa shape index (κ3) is 2.23. The van der Waals surface area contributed by atoms with Crippen molar-refractivity contribution in [1.29, 1.82) is 0 Å². The van der Waals surface area contributed by atoms with Crippen LogP contribution in [-0.2, 0) is 0 Å².